The minimum atomic E-state index is -0.361. The third-order valence-corrected chi connectivity index (χ3v) is 4.58. The van der Waals surface area contributed by atoms with Crippen molar-refractivity contribution in [3.8, 4) is 0 Å². The Balaban J connectivity index is 1.88. The van der Waals surface area contributed by atoms with E-state index in [0.717, 1.165) is 30.2 Å². The highest BCUT2D eigenvalue weighted by molar-refractivity contribution is 5.72. The molecule has 23 heavy (non-hydrogen) atoms. The molecule has 0 saturated carbocycles. The first-order valence-electron chi connectivity index (χ1n) is 7.92. The first kappa shape index (κ1) is 14.1. The highest BCUT2D eigenvalue weighted by atomic mass is 16.6. The Morgan fingerprint density at radius 1 is 1.09 bits per heavy atom. The quantitative estimate of drug-likeness (QED) is 0.753. The number of esters is 1. The van der Waals surface area contributed by atoms with Gasteiger partial charge in [-0.05, 0) is 37.6 Å². The summed E-state index contributed by atoms with van der Waals surface area (Å²) in [6, 6.07) is 12.9. The molecule has 4 heteroatoms. The predicted octanol–water partition coefficient (Wildman–Crippen LogP) is 3.66. The van der Waals surface area contributed by atoms with Crippen LogP contribution in [-0.2, 0) is 16.1 Å². The summed E-state index contributed by atoms with van der Waals surface area (Å²) < 4.78 is 5.71. The molecule has 0 N–H and O–H groups in total. The van der Waals surface area contributed by atoms with E-state index in [4.69, 9.17) is 4.74 Å². The lowest BCUT2D eigenvalue weighted by atomic mass is 9.98. The maximum Gasteiger partial charge on any atom is 0.304 e. The number of nitrogens with zero attached hydrogens (tertiary/aromatic N) is 2. The van der Waals surface area contributed by atoms with Crippen molar-refractivity contribution in [1.82, 2.24) is 0 Å². The second kappa shape index (κ2) is 5.01. The maximum atomic E-state index is 11.7. The number of carbonyl (C=O) groups is 1. The lowest BCUT2D eigenvalue weighted by Gasteiger charge is -2.48. The summed E-state index contributed by atoms with van der Waals surface area (Å²) in [5.74, 6) is -0.254. The molecule has 2 aliphatic heterocycles. The molecule has 0 radical (unpaired) electrons. The minimum absolute atomic E-state index is 0.254. The Morgan fingerprint density at radius 3 is 2.52 bits per heavy atom. The Labute approximate surface area is 136 Å². The second-order valence-electron chi connectivity index (χ2n) is 6.47. The Kier molecular flexibility index (Phi) is 3.08. The average Bonchev–Trinajstić information content (AvgIpc) is 2.50. The lowest BCUT2D eigenvalue weighted by Crippen LogP contribution is -2.49. The van der Waals surface area contributed by atoms with Crippen molar-refractivity contribution < 1.29 is 9.53 Å². The zero-order valence-electron chi connectivity index (χ0n) is 13.7. The molecule has 2 heterocycles. The highest BCUT2D eigenvalue weighted by Gasteiger charge is 2.38. The van der Waals surface area contributed by atoms with E-state index in [9.17, 15) is 4.79 Å². The molecule has 2 aromatic rings. The molecule has 118 valence electrons. The first-order valence-corrected chi connectivity index (χ1v) is 7.92. The SMILES string of the molecule is CC(=O)O[C@@H]1c2cc(C)ccc2N2Cc3cc(C)ccc3N1C2. The van der Waals surface area contributed by atoms with Gasteiger partial charge in [0.15, 0.2) is 0 Å². The van der Waals surface area contributed by atoms with Crippen LogP contribution >= 0.6 is 0 Å². The van der Waals surface area contributed by atoms with E-state index in [2.05, 4.69) is 60.0 Å². The topological polar surface area (TPSA) is 32.8 Å². The fourth-order valence-corrected chi connectivity index (χ4v) is 3.61. The molecule has 0 saturated heterocycles. The van der Waals surface area contributed by atoms with Crippen LogP contribution in [0.4, 0.5) is 11.4 Å². The molecular formula is C19H20N2O2. The predicted molar refractivity (Wildman–Crippen MR) is 90.4 cm³/mol. The maximum absolute atomic E-state index is 11.7. The van der Waals surface area contributed by atoms with Gasteiger partial charge < -0.3 is 14.5 Å². The molecule has 0 spiro atoms. The third kappa shape index (κ3) is 2.25. The van der Waals surface area contributed by atoms with Gasteiger partial charge in [0, 0.05) is 30.4 Å². The van der Waals surface area contributed by atoms with Crippen LogP contribution in [0.3, 0.4) is 0 Å². The molecule has 0 unspecified atom stereocenters. The largest absolute Gasteiger partial charge is 0.437 e. The van der Waals surface area contributed by atoms with Crippen LogP contribution in [0.5, 0.6) is 0 Å². The number of rotatable bonds is 1. The number of benzene rings is 2. The molecule has 0 aliphatic carbocycles. The lowest BCUT2D eigenvalue weighted by molar-refractivity contribution is -0.147. The Bertz CT molecular complexity index is 800. The van der Waals surface area contributed by atoms with E-state index in [-0.39, 0.29) is 12.2 Å². The number of carbonyl (C=O) groups excluding carboxylic acids is 1. The van der Waals surface area contributed by atoms with Crippen molar-refractivity contribution in [3.05, 3.63) is 58.7 Å². The summed E-state index contributed by atoms with van der Waals surface area (Å²) in [5, 5.41) is 0. The molecular weight excluding hydrogens is 288 g/mol. The van der Waals surface area contributed by atoms with E-state index < -0.39 is 0 Å². The third-order valence-electron chi connectivity index (χ3n) is 4.58. The van der Waals surface area contributed by atoms with Gasteiger partial charge in [0.1, 0.15) is 0 Å². The van der Waals surface area contributed by atoms with E-state index in [0.29, 0.717) is 0 Å². The molecule has 0 amide bonds. The van der Waals surface area contributed by atoms with Gasteiger partial charge in [0.2, 0.25) is 6.23 Å². The summed E-state index contributed by atoms with van der Waals surface area (Å²) in [6.07, 6.45) is -0.361. The van der Waals surface area contributed by atoms with Gasteiger partial charge in [-0.2, -0.15) is 0 Å². The zero-order chi connectivity index (χ0) is 16.1. The number of aryl methyl sites for hydroxylation is 2. The van der Waals surface area contributed by atoms with Gasteiger partial charge in [-0.3, -0.25) is 4.79 Å². The van der Waals surface area contributed by atoms with Gasteiger partial charge >= 0.3 is 5.97 Å². The van der Waals surface area contributed by atoms with Crippen molar-refractivity contribution in [2.75, 3.05) is 16.5 Å². The molecule has 2 aliphatic rings. The van der Waals surface area contributed by atoms with Gasteiger partial charge in [-0.1, -0.05) is 29.3 Å². The van der Waals surface area contributed by atoms with Crippen molar-refractivity contribution in [3.63, 3.8) is 0 Å². The second-order valence-corrected chi connectivity index (χ2v) is 6.47. The molecule has 1 atom stereocenters. The van der Waals surface area contributed by atoms with Gasteiger partial charge in [0.05, 0.1) is 6.67 Å². The van der Waals surface area contributed by atoms with Crippen LogP contribution in [0.2, 0.25) is 0 Å². The van der Waals surface area contributed by atoms with E-state index in [1.165, 1.54) is 23.6 Å². The Morgan fingerprint density at radius 2 is 1.78 bits per heavy atom. The van der Waals surface area contributed by atoms with Crippen LogP contribution in [0.25, 0.3) is 0 Å². The fraction of sp³-hybridized carbons (Fsp3) is 0.316. The fourth-order valence-electron chi connectivity index (χ4n) is 3.61. The van der Waals surface area contributed by atoms with Crippen molar-refractivity contribution in [2.24, 2.45) is 0 Å². The minimum Gasteiger partial charge on any atom is -0.437 e. The van der Waals surface area contributed by atoms with Crippen LogP contribution in [0.15, 0.2) is 36.4 Å². The molecule has 0 fully saturated rings. The van der Waals surface area contributed by atoms with E-state index >= 15 is 0 Å². The summed E-state index contributed by atoms with van der Waals surface area (Å²) in [4.78, 5) is 16.2. The Hall–Kier alpha value is -2.49. The normalized spacial score (nSPS) is 18.3. The van der Waals surface area contributed by atoms with Crippen LogP contribution in [0.1, 0.15) is 35.4 Å². The van der Waals surface area contributed by atoms with Gasteiger partial charge in [0.25, 0.3) is 0 Å². The number of hydrogen-bond acceptors (Lipinski definition) is 4. The number of anilines is 2. The molecule has 4 nitrogen and oxygen atoms in total. The summed E-state index contributed by atoms with van der Waals surface area (Å²) >= 11 is 0. The first-order chi connectivity index (χ1) is 11.0. The molecule has 2 bridgehead atoms. The molecule has 2 aromatic carbocycles. The standard InChI is InChI=1S/C19H20N2O2/c1-12-4-6-17-15(8-12)10-20-11-21(17)19(23-14(3)22)16-9-13(2)5-7-18(16)20/h4-9,19H,10-11H2,1-3H3/t19-/m1/s1. The summed E-state index contributed by atoms with van der Waals surface area (Å²) in [7, 11) is 0. The van der Waals surface area contributed by atoms with E-state index in [1.54, 1.807) is 0 Å². The number of hydrogen-bond donors (Lipinski definition) is 0. The van der Waals surface area contributed by atoms with Gasteiger partial charge in [-0.15, -0.1) is 0 Å². The van der Waals surface area contributed by atoms with Crippen LogP contribution in [-0.4, -0.2) is 12.6 Å². The average molecular weight is 308 g/mol. The highest BCUT2D eigenvalue weighted by Crippen LogP contribution is 2.44. The van der Waals surface area contributed by atoms with Crippen LogP contribution < -0.4 is 9.80 Å². The monoisotopic (exact) mass is 308 g/mol. The van der Waals surface area contributed by atoms with Crippen molar-refractivity contribution >= 4 is 17.3 Å². The molecule has 0 aromatic heterocycles. The van der Waals surface area contributed by atoms with Crippen molar-refractivity contribution in [2.45, 2.75) is 33.5 Å². The van der Waals surface area contributed by atoms with Crippen LogP contribution in [0, 0.1) is 13.8 Å². The van der Waals surface area contributed by atoms with E-state index in [1.807, 2.05) is 0 Å². The van der Waals surface area contributed by atoms with Crippen molar-refractivity contribution in [1.29, 1.82) is 0 Å². The molecule has 4 rings (SSSR count). The summed E-state index contributed by atoms with van der Waals surface area (Å²) in [6.45, 7) is 7.27. The number of fused-ring (bicyclic) bond motifs is 6. The van der Waals surface area contributed by atoms with Gasteiger partial charge in [-0.25, -0.2) is 0 Å². The smallest absolute Gasteiger partial charge is 0.304 e. The zero-order valence-corrected chi connectivity index (χ0v) is 13.7. The number of ether oxygens (including phenoxy) is 1. The summed E-state index contributed by atoms with van der Waals surface area (Å²) in [5.41, 5.74) is 7.08.